The van der Waals surface area contributed by atoms with Gasteiger partial charge < -0.3 is 15.2 Å². The van der Waals surface area contributed by atoms with Crippen molar-refractivity contribution in [3.8, 4) is 0 Å². The second kappa shape index (κ2) is 9.27. The Morgan fingerprint density at radius 2 is 2.17 bits per heavy atom. The van der Waals surface area contributed by atoms with E-state index >= 15 is 0 Å². The fraction of sp³-hybridized carbons (Fsp3) is 0.471. The lowest BCUT2D eigenvalue weighted by Crippen LogP contribution is -2.38. The minimum atomic E-state index is 0.353. The van der Waals surface area contributed by atoms with Gasteiger partial charge in [-0.2, -0.15) is 0 Å². The normalized spacial score (nSPS) is 11.8. The van der Waals surface area contributed by atoms with Gasteiger partial charge >= 0.3 is 0 Å². The van der Waals surface area contributed by atoms with Gasteiger partial charge in [0.2, 0.25) is 0 Å². The van der Waals surface area contributed by atoms with E-state index < -0.39 is 0 Å². The van der Waals surface area contributed by atoms with Gasteiger partial charge in [-0.1, -0.05) is 36.7 Å². The van der Waals surface area contributed by atoms with Crippen LogP contribution < -0.4 is 10.6 Å². The van der Waals surface area contributed by atoms with Gasteiger partial charge in [-0.05, 0) is 30.9 Å². The molecule has 0 aliphatic rings. The number of hydrogen-bond donors (Lipinski definition) is 2. The molecule has 0 fully saturated rings. The van der Waals surface area contributed by atoms with Crippen molar-refractivity contribution in [2.45, 2.75) is 39.7 Å². The van der Waals surface area contributed by atoms with Crippen LogP contribution in [0.15, 0.2) is 33.9 Å². The maximum Gasteiger partial charge on any atom is 0.191 e. The zero-order valence-corrected chi connectivity index (χ0v) is 15.1. The molecule has 0 aliphatic heterocycles. The number of aromatic nitrogens is 2. The van der Waals surface area contributed by atoms with Gasteiger partial charge in [0.1, 0.15) is 11.7 Å². The van der Waals surface area contributed by atoms with Gasteiger partial charge in [-0.15, -0.1) is 0 Å². The van der Waals surface area contributed by atoms with Crippen molar-refractivity contribution >= 4 is 17.6 Å². The molecular formula is C17H24ClN5O. The molecular weight excluding hydrogens is 326 g/mol. The van der Waals surface area contributed by atoms with Crippen LogP contribution in [0.5, 0.6) is 0 Å². The first-order chi connectivity index (χ1) is 11.6. The van der Waals surface area contributed by atoms with Crippen LogP contribution in [0.2, 0.25) is 5.15 Å². The smallest absolute Gasteiger partial charge is 0.191 e. The second-order valence-corrected chi connectivity index (χ2v) is 6.12. The monoisotopic (exact) mass is 349 g/mol. The number of hydrogen-bond acceptors (Lipinski definition) is 4. The Balaban J connectivity index is 1.86. The predicted molar refractivity (Wildman–Crippen MR) is 96.4 cm³/mol. The molecule has 0 aliphatic carbocycles. The number of guanidine groups is 1. The summed E-state index contributed by atoms with van der Waals surface area (Å²) >= 11 is 5.79. The summed E-state index contributed by atoms with van der Waals surface area (Å²) in [6.45, 7) is 8.21. The number of rotatable bonds is 7. The lowest BCUT2D eigenvalue weighted by atomic mass is 10.1. The third-order valence-electron chi connectivity index (χ3n) is 3.40. The molecule has 2 aromatic rings. The predicted octanol–water partition coefficient (Wildman–Crippen LogP) is 3.14. The van der Waals surface area contributed by atoms with Crippen LogP contribution >= 0.6 is 11.6 Å². The number of pyridine rings is 1. The first kappa shape index (κ1) is 18.3. The minimum Gasteiger partial charge on any atom is -0.359 e. The largest absolute Gasteiger partial charge is 0.359 e. The molecule has 24 heavy (non-hydrogen) atoms. The summed E-state index contributed by atoms with van der Waals surface area (Å²) in [5, 5.41) is 11.1. The number of aliphatic imine (C=N–C) groups is 1. The van der Waals surface area contributed by atoms with Crippen molar-refractivity contribution in [3.05, 3.63) is 46.6 Å². The van der Waals surface area contributed by atoms with Gasteiger partial charge in [0.25, 0.3) is 0 Å². The van der Waals surface area contributed by atoms with Gasteiger partial charge in [0.05, 0.1) is 5.69 Å². The topological polar surface area (TPSA) is 75.3 Å². The third kappa shape index (κ3) is 5.85. The molecule has 130 valence electrons. The molecule has 0 aromatic carbocycles. The van der Waals surface area contributed by atoms with Crippen molar-refractivity contribution in [2.75, 3.05) is 13.1 Å². The van der Waals surface area contributed by atoms with E-state index in [0.29, 0.717) is 17.6 Å². The standard InChI is InChI=1S/C17H24ClN5O/c1-4-19-17(20-8-7-13-5-6-16(18)21-10-13)22-11-14-9-15(12(2)3)23-24-14/h5-6,9-10,12H,4,7-8,11H2,1-3H3,(H2,19,20,22). The Bertz CT molecular complexity index is 651. The van der Waals surface area contributed by atoms with Crippen LogP contribution in [0.1, 0.15) is 43.7 Å². The summed E-state index contributed by atoms with van der Waals surface area (Å²) < 4.78 is 5.31. The Kier molecular flexibility index (Phi) is 7.06. The molecule has 0 bridgehead atoms. The lowest BCUT2D eigenvalue weighted by Gasteiger charge is -2.10. The van der Waals surface area contributed by atoms with Crippen LogP contribution in [0.25, 0.3) is 0 Å². The Morgan fingerprint density at radius 3 is 2.79 bits per heavy atom. The quantitative estimate of drug-likeness (QED) is 0.456. The third-order valence-corrected chi connectivity index (χ3v) is 3.62. The van der Waals surface area contributed by atoms with E-state index in [0.717, 1.165) is 42.5 Å². The molecule has 0 unspecified atom stereocenters. The summed E-state index contributed by atoms with van der Waals surface area (Å²) in [6.07, 6.45) is 2.63. The maximum atomic E-state index is 5.79. The number of nitrogens with zero attached hydrogens (tertiary/aromatic N) is 3. The molecule has 0 saturated heterocycles. The van der Waals surface area contributed by atoms with Crippen molar-refractivity contribution in [3.63, 3.8) is 0 Å². The fourth-order valence-electron chi connectivity index (χ4n) is 2.05. The summed E-state index contributed by atoms with van der Waals surface area (Å²) in [5.41, 5.74) is 2.08. The Hall–Kier alpha value is -2.08. The maximum absolute atomic E-state index is 5.79. The summed E-state index contributed by atoms with van der Waals surface area (Å²) in [5.74, 6) is 1.87. The summed E-state index contributed by atoms with van der Waals surface area (Å²) in [6, 6.07) is 5.73. The highest BCUT2D eigenvalue weighted by Gasteiger charge is 2.07. The van der Waals surface area contributed by atoms with Crippen molar-refractivity contribution < 1.29 is 4.52 Å². The van der Waals surface area contributed by atoms with Gasteiger partial charge in [-0.25, -0.2) is 9.98 Å². The Morgan fingerprint density at radius 1 is 1.33 bits per heavy atom. The van der Waals surface area contributed by atoms with E-state index in [1.54, 1.807) is 12.3 Å². The van der Waals surface area contributed by atoms with Gasteiger partial charge in [-0.3, -0.25) is 0 Å². The van der Waals surface area contributed by atoms with E-state index in [2.05, 4.69) is 39.6 Å². The molecule has 2 heterocycles. The second-order valence-electron chi connectivity index (χ2n) is 5.73. The number of nitrogens with one attached hydrogen (secondary N) is 2. The molecule has 0 amide bonds. The fourth-order valence-corrected chi connectivity index (χ4v) is 2.17. The summed E-state index contributed by atoms with van der Waals surface area (Å²) in [4.78, 5) is 8.60. The highest BCUT2D eigenvalue weighted by atomic mass is 35.5. The van der Waals surface area contributed by atoms with Crippen molar-refractivity contribution in [2.24, 2.45) is 4.99 Å². The van der Waals surface area contributed by atoms with E-state index in [1.807, 2.05) is 19.1 Å². The molecule has 0 atom stereocenters. The average molecular weight is 350 g/mol. The molecule has 0 spiro atoms. The zero-order chi connectivity index (χ0) is 17.4. The lowest BCUT2D eigenvalue weighted by molar-refractivity contribution is 0.376. The van der Waals surface area contributed by atoms with E-state index in [1.165, 1.54) is 0 Å². The SMILES string of the molecule is CCNC(=NCc1cc(C(C)C)no1)NCCc1ccc(Cl)nc1. The van der Waals surface area contributed by atoms with E-state index in [9.17, 15) is 0 Å². The molecule has 6 nitrogen and oxygen atoms in total. The zero-order valence-electron chi connectivity index (χ0n) is 14.3. The van der Waals surface area contributed by atoms with E-state index in [4.69, 9.17) is 16.1 Å². The van der Waals surface area contributed by atoms with Crippen molar-refractivity contribution in [1.29, 1.82) is 0 Å². The van der Waals surface area contributed by atoms with E-state index in [-0.39, 0.29) is 0 Å². The van der Waals surface area contributed by atoms with Crippen molar-refractivity contribution in [1.82, 2.24) is 20.8 Å². The molecule has 0 saturated carbocycles. The van der Waals surface area contributed by atoms with Crippen LogP contribution in [0.3, 0.4) is 0 Å². The first-order valence-corrected chi connectivity index (χ1v) is 8.54. The molecule has 7 heteroatoms. The highest BCUT2D eigenvalue weighted by molar-refractivity contribution is 6.29. The van der Waals surface area contributed by atoms with Crippen LogP contribution in [0.4, 0.5) is 0 Å². The molecule has 0 radical (unpaired) electrons. The minimum absolute atomic E-state index is 0.353. The van der Waals surface area contributed by atoms with Crippen LogP contribution in [-0.2, 0) is 13.0 Å². The Labute approximate surface area is 147 Å². The molecule has 2 N–H and O–H groups in total. The highest BCUT2D eigenvalue weighted by Crippen LogP contribution is 2.14. The average Bonchev–Trinajstić information content (AvgIpc) is 3.04. The van der Waals surface area contributed by atoms with Gasteiger partial charge in [0.15, 0.2) is 11.7 Å². The molecule has 2 aromatic heterocycles. The van der Waals surface area contributed by atoms with Gasteiger partial charge in [0, 0.05) is 25.4 Å². The molecule has 2 rings (SSSR count). The number of halogens is 1. The first-order valence-electron chi connectivity index (χ1n) is 8.16. The van der Waals surface area contributed by atoms with Crippen LogP contribution in [0, 0.1) is 0 Å². The van der Waals surface area contributed by atoms with Crippen LogP contribution in [-0.4, -0.2) is 29.2 Å². The summed E-state index contributed by atoms with van der Waals surface area (Å²) in [7, 11) is 0.